The molecule has 34 heavy (non-hydrogen) atoms. The standard InChI is InChI=1S/C26H27N7O/c1-16(2)20-8-6-7-9-21(20)23-27-14-22-25(29-23)33(26(34)31(22)4)15-18-10-12-19(13-11-18)24-28-17(3)30-32(24)5/h6-14,16H,15H2,1-5H3. The molecule has 0 atom stereocenters. The summed E-state index contributed by atoms with van der Waals surface area (Å²) in [5.41, 5.74) is 5.37. The Hall–Kier alpha value is -4.07. The molecule has 5 rings (SSSR count). The maximum absolute atomic E-state index is 13.1. The summed E-state index contributed by atoms with van der Waals surface area (Å²) in [4.78, 5) is 27.0. The van der Waals surface area contributed by atoms with Crippen LogP contribution < -0.4 is 5.69 Å². The number of nitrogens with zero attached hydrogens (tertiary/aromatic N) is 7. The lowest BCUT2D eigenvalue weighted by atomic mass is 9.97. The molecule has 0 aliphatic heterocycles. The van der Waals surface area contributed by atoms with Crippen LogP contribution in [0.4, 0.5) is 0 Å². The third kappa shape index (κ3) is 3.71. The SMILES string of the molecule is Cc1nc(-c2ccc(Cn3c(=O)n(C)c4cnc(-c5ccccc5C(C)C)nc43)cc2)n(C)n1. The van der Waals surface area contributed by atoms with Gasteiger partial charge in [0, 0.05) is 25.2 Å². The second-order valence-corrected chi connectivity index (χ2v) is 8.88. The lowest BCUT2D eigenvalue weighted by molar-refractivity contribution is 0.731. The largest absolute Gasteiger partial charge is 0.330 e. The Kier molecular flexibility index (Phi) is 5.36. The van der Waals surface area contributed by atoms with Crippen LogP contribution in [-0.4, -0.2) is 33.9 Å². The highest BCUT2D eigenvalue weighted by molar-refractivity contribution is 5.74. The van der Waals surface area contributed by atoms with E-state index in [2.05, 4.69) is 35.0 Å². The molecule has 0 bridgehead atoms. The molecule has 2 aromatic carbocycles. The van der Waals surface area contributed by atoms with Crippen LogP contribution in [0.2, 0.25) is 0 Å². The zero-order valence-corrected chi connectivity index (χ0v) is 20.0. The summed E-state index contributed by atoms with van der Waals surface area (Å²) >= 11 is 0. The second-order valence-electron chi connectivity index (χ2n) is 8.88. The predicted molar refractivity (Wildman–Crippen MR) is 133 cm³/mol. The predicted octanol–water partition coefficient (Wildman–Crippen LogP) is 4.07. The van der Waals surface area contributed by atoms with Crippen molar-refractivity contribution in [2.45, 2.75) is 33.2 Å². The van der Waals surface area contributed by atoms with Gasteiger partial charge in [-0.05, 0) is 24.0 Å². The highest BCUT2D eigenvalue weighted by Crippen LogP contribution is 2.27. The van der Waals surface area contributed by atoms with E-state index in [1.165, 1.54) is 5.56 Å². The van der Waals surface area contributed by atoms with E-state index in [-0.39, 0.29) is 5.69 Å². The van der Waals surface area contributed by atoms with Gasteiger partial charge in [0.15, 0.2) is 17.3 Å². The fourth-order valence-corrected chi connectivity index (χ4v) is 4.36. The van der Waals surface area contributed by atoms with E-state index < -0.39 is 0 Å². The molecule has 0 unspecified atom stereocenters. The fourth-order valence-electron chi connectivity index (χ4n) is 4.36. The first-order valence-electron chi connectivity index (χ1n) is 11.3. The van der Waals surface area contributed by atoms with Crippen molar-refractivity contribution in [1.82, 2.24) is 33.9 Å². The minimum absolute atomic E-state index is 0.119. The molecule has 8 heteroatoms. The number of aromatic nitrogens is 7. The first-order valence-corrected chi connectivity index (χ1v) is 11.3. The van der Waals surface area contributed by atoms with Crippen molar-refractivity contribution in [1.29, 1.82) is 0 Å². The van der Waals surface area contributed by atoms with E-state index in [9.17, 15) is 4.79 Å². The zero-order valence-electron chi connectivity index (χ0n) is 20.0. The molecule has 3 aromatic heterocycles. The molecule has 0 amide bonds. The normalized spacial score (nSPS) is 11.6. The molecule has 0 saturated heterocycles. The van der Waals surface area contributed by atoms with Crippen LogP contribution in [0.3, 0.4) is 0 Å². The van der Waals surface area contributed by atoms with Gasteiger partial charge in [-0.25, -0.2) is 24.4 Å². The van der Waals surface area contributed by atoms with Crippen LogP contribution in [-0.2, 0) is 20.6 Å². The summed E-state index contributed by atoms with van der Waals surface area (Å²) in [7, 11) is 3.64. The van der Waals surface area contributed by atoms with Gasteiger partial charge < -0.3 is 0 Å². The monoisotopic (exact) mass is 453 g/mol. The first-order chi connectivity index (χ1) is 16.3. The van der Waals surface area contributed by atoms with E-state index in [4.69, 9.17) is 4.98 Å². The van der Waals surface area contributed by atoms with Crippen LogP contribution in [0.15, 0.2) is 59.5 Å². The molecule has 0 radical (unpaired) electrons. The number of imidazole rings is 1. The molecule has 0 aliphatic carbocycles. The van der Waals surface area contributed by atoms with E-state index in [0.29, 0.717) is 29.5 Å². The molecule has 0 aliphatic rings. The Labute approximate surface area is 197 Å². The third-order valence-electron chi connectivity index (χ3n) is 6.13. The van der Waals surface area contributed by atoms with Crippen LogP contribution in [0.5, 0.6) is 0 Å². The molecular formula is C26H27N7O. The molecule has 172 valence electrons. The summed E-state index contributed by atoms with van der Waals surface area (Å²) in [5, 5.41) is 4.32. The number of hydrogen-bond acceptors (Lipinski definition) is 5. The van der Waals surface area contributed by atoms with Gasteiger partial charge >= 0.3 is 5.69 Å². The summed E-state index contributed by atoms with van der Waals surface area (Å²) in [6, 6.07) is 16.2. The number of aryl methyl sites for hydroxylation is 3. The number of rotatable bonds is 5. The Morgan fingerprint density at radius 1 is 0.971 bits per heavy atom. The Balaban J connectivity index is 1.55. The molecule has 8 nitrogen and oxygen atoms in total. The van der Waals surface area contributed by atoms with Gasteiger partial charge in [-0.3, -0.25) is 9.13 Å². The van der Waals surface area contributed by atoms with Gasteiger partial charge in [0.1, 0.15) is 11.3 Å². The molecule has 0 N–H and O–H groups in total. The van der Waals surface area contributed by atoms with Gasteiger partial charge in [-0.1, -0.05) is 62.4 Å². The fraction of sp³-hybridized carbons (Fsp3) is 0.269. The summed E-state index contributed by atoms with van der Waals surface area (Å²) < 4.78 is 5.08. The minimum atomic E-state index is -0.119. The Morgan fingerprint density at radius 3 is 2.38 bits per heavy atom. The van der Waals surface area contributed by atoms with Crippen molar-refractivity contribution >= 4 is 11.2 Å². The van der Waals surface area contributed by atoms with Crippen molar-refractivity contribution in [2.75, 3.05) is 0 Å². The van der Waals surface area contributed by atoms with E-state index in [1.807, 2.05) is 56.4 Å². The average Bonchev–Trinajstić information content (AvgIpc) is 3.30. The van der Waals surface area contributed by atoms with Gasteiger partial charge in [-0.15, -0.1) is 0 Å². The first kappa shape index (κ1) is 21.8. The van der Waals surface area contributed by atoms with Crippen molar-refractivity contribution in [3.8, 4) is 22.8 Å². The molecule has 0 saturated carbocycles. The molecule has 0 fully saturated rings. The zero-order chi connectivity index (χ0) is 24.0. The summed E-state index contributed by atoms with van der Waals surface area (Å²) in [6.07, 6.45) is 1.74. The van der Waals surface area contributed by atoms with Gasteiger partial charge in [0.05, 0.1) is 12.7 Å². The molecular weight excluding hydrogens is 426 g/mol. The minimum Gasteiger partial charge on any atom is -0.292 e. The van der Waals surface area contributed by atoms with Gasteiger partial charge in [0.25, 0.3) is 0 Å². The van der Waals surface area contributed by atoms with Crippen molar-refractivity contribution in [2.24, 2.45) is 14.1 Å². The van der Waals surface area contributed by atoms with Crippen molar-refractivity contribution < 1.29 is 0 Å². The van der Waals surface area contributed by atoms with Gasteiger partial charge in [0.2, 0.25) is 0 Å². The van der Waals surface area contributed by atoms with Crippen molar-refractivity contribution in [3.05, 3.63) is 82.2 Å². The number of benzene rings is 2. The van der Waals surface area contributed by atoms with Crippen molar-refractivity contribution in [3.63, 3.8) is 0 Å². The van der Waals surface area contributed by atoms with E-state index in [0.717, 1.165) is 28.3 Å². The summed E-state index contributed by atoms with van der Waals surface area (Å²) in [5.74, 6) is 2.51. The van der Waals surface area contributed by atoms with Crippen LogP contribution >= 0.6 is 0 Å². The maximum Gasteiger partial charge on any atom is 0.330 e. The third-order valence-corrected chi connectivity index (χ3v) is 6.13. The van der Waals surface area contributed by atoms with Gasteiger partial charge in [-0.2, -0.15) is 5.10 Å². The molecule has 0 spiro atoms. The maximum atomic E-state index is 13.1. The average molecular weight is 454 g/mol. The topological polar surface area (TPSA) is 83.4 Å². The van der Waals surface area contributed by atoms with E-state index in [1.54, 1.807) is 27.1 Å². The quantitative estimate of drug-likeness (QED) is 0.401. The Morgan fingerprint density at radius 2 is 1.71 bits per heavy atom. The van der Waals surface area contributed by atoms with Crippen LogP contribution in [0.25, 0.3) is 33.9 Å². The second kappa shape index (κ2) is 8.37. The van der Waals surface area contributed by atoms with Crippen LogP contribution in [0, 0.1) is 6.92 Å². The number of hydrogen-bond donors (Lipinski definition) is 0. The lowest BCUT2D eigenvalue weighted by Gasteiger charge is -2.11. The highest BCUT2D eigenvalue weighted by atomic mass is 16.1. The smallest absolute Gasteiger partial charge is 0.292 e. The Bertz CT molecular complexity index is 1550. The number of fused-ring (bicyclic) bond motifs is 1. The lowest BCUT2D eigenvalue weighted by Crippen LogP contribution is -2.22. The molecule has 3 heterocycles. The highest BCUT2D eigenvalue weighted by Gasteiger charge is 2.17. The molecule has 5 aromatic rings. The summed E-state index contributed by atoms with van der Waals surface area (Å²) in [6.45, 7) is 6.60. The van der Waals surface area contributed by atoms with Crippen LogP contribution in [0.1, 0.15) is 36.7 Å². The van der Waals surface area contributed by atoms with E-state index >= 15 is 0 Å².